The summed E-state index contributed by atoms with van der Waals surface area (Å²) in [6.07, 6.45) is 1.06. The van der Waals surface area contributed by atoms with Gasteiger partial charge in [0.15, 0.2) is 0 Å². The maximum absolute atomic E-state index is 11.7. The van der Waals surface area contributed by atoms with Gasteiger partial charge in [0.1, 0.15) is 6.10 Å². The van der Waals surface area contributed by atoms with Crippen LogP contribution in [-0.4, -0.2) is 36.9 Å². The van der Waals surface area contributed by atoms with Crippen LogP contribution in [0.4, 0.5) is 4.79 Å². The fourth-order valence-electron chi connectivity index (χ4n) is 2.09. The Hall–Kier alpha value is -1.11. The van der Waals surface area contributed by atoms with Crippen molar-refractivity contribution in [3.63, 3.8) is 0 Å². The zero-order valence-electron chi connectivity index (χ0n) is 11.0. The van der Waals surface area contributed by atoms with Gasteiger partial charge in [0.05, 0.1) is 6.54 Å². The molecule has 0 radical (unpaired) electrons. The molecule has 5 nitrogen and oxygen atoms in total. The third-order valence-corrected chi connectivity index (χ3v) is 4.34. The van der Waals surface area contributed by atoms with E-state index in [1.807, 2.05) is 18.4 Å². The molecule has 6 heteroatoms. The van der Waals surface area contributed by atoms with Crippen LogP contribution in [0.2, 0.25) is 0 Å². The number of aliphatic hydroxyl groups excluding tert-OH is 1. The minimum absolute atomic E-state index is 0.175. The number of carbonyl (C=O) groups excluding carboxylic acids is 1. The van der Waals surface area contributed by atoms with Crippen LogP contribution in [0.25, 0.3) is 0 Å². The highest BCUT2D eigenvalue weighted by Crippen LogP contribution is 2.23. The molecule has 3 N–H and O–H groups in total. The minimum Gasteiger partial charge on any atom is -0.386 e. The Morgan fingerprint density at radius 3 is 2.95 bits per heavy atom. The van der Waals surface area contributed by atoms with Crippen LogP contribution < -0.4 is 10.6 Å². The third kappa shape index (κ3) is 4.19. The molecule has 1 aromatic rings. The Morgan fingerprint density at radius 2 is 2.32 bits per heavy atom. The molecule has 2 heterocycles. The van der Waals surface area contributed by atoms with Gasteiger partial charge in [0.2, 0.25) is 0 Å². The smallest absolute Gasteiger partial charge is 0.315 e. The van der Waals surface area contributed by atoms with Gasteiger partial charge in [-0.05, 0) is 36.8 Å². The van der Waals surface area contributed by atoms with Gasteiger partial charge in [0.25, 0.3) is 0 Å². The average molecular weight is 284 g/mol. The topological polar surface area (TPSA) is 70.6 Å². The number of carbonyl (C=O) groups is 1. The van der Waals surface area contributed by atoms with E-state index in [9.17, 15) is 9.90 Å². The lowest BCUT2D eigenvalue weighted by Gasteiger charge is -2.23. The molecule has 0 spiro atoms. The molecular formula is C13H20N2O3S. The van der Waals surface area contributed by atoms with Gasteiger partial charge in [-0.25, -0.2) is 4.79 Å². The number of nitrogens with one attached hydrogen (secondary N) is 2. The fourth-order valence-corrected chi connectivity index (χ4v) is 3.00. The highest BCUT2D eigenvalue weighted by Gasteiger charge is 2.17. The zero-order chi connectivity index (χ0) is 13.7. The van der Waals surface area contributed by atoms with Crippen molar-refractivity contribution in [3.8, 4) is 0 Å². The molecule has 2 amide bonds. The number of amides is 2. The van der Waals surface area contributed by atoms with Crippen LogP contribution in [0.1, 0.15) is 29.4 Å². The van der Waals surface area contributed by atoms with Crippen molar-refractivity contribution in [1.82, 2.24) is 10.6 Å². The van der Waals surface area contributed by atoms with Crippen LogP contribution in [0.15, 0.2) is 11.4 Å². The first-order valence-corrected chi connectivity index (χ1v) is 7.39. The standard InChI is InChI=1S/C13H20N2O3S/c1-9-4-7-19-12(9)11(16)8-14-13(17)15-10-2-5-18-6-3-10/h4,7,10-11,16H,2-3,5-6,8H2,1H3,(H2,14,15,17)/t11-/m0/s1. The molecule has 0 saturated carbocycles. The summed E-state index contributed by atoms with van der Waals surface area (Å²) in [5, 5.41) is 17.5. The van der Waals surface area contributed by atoms with E-state index < -0.39 is 6.10 Å². The number of hydrogen-bond acceptors (Lipinski definition) is 4. The molecular weight excluding hydrogens is 264 g/mol. The first kappa shape index (κ1) is 14.3. The van der Waals surface area contributed by atoms with Gasteiger partial charge in [0, 0.05) is 24.1 Å². The average Bonchev–Trinajstić information content (AvgIpc) is 2.83. The summed E-state index contributed by atoms with van der Waals surface area (Å²) in [5.74, 6) is 0. The number of urea groups is 1. The van der Waals surface area contributed by atoms with E-state index in [-0.39, 0.29) is 18.6 Å². The molecule has 1 atom stereocenters. The van der Waals surface area contributed by atoms with Crippen LogP contribution in [0.3, 0.4) is 0 Å². The summed E-state index contributed by atoms with van der Waals surface area (Å²) < 4.78 is 5.23. The third-order valence-electron chi connectivity index (χ3n) is 3.22. The Labute approximate surface area is 117 Å². The van der Waals surface area contributed by atoms with Gasteiger partial charge >= 0.3 is 6.03 Å². The Morgan fingerprint density at radius 1 is 1.58 bits per heavy atom. The number of aliphatic hydroxyl groups is 1. The second-order valence-electron chi connectivity index (χ2n) is 4.72. The molecule has 0 unspecified atom stereocenters. The number of ether oxygens (including phenoxy) is 1. The van der Waals surface area contributed by atoms with Crippen LogP contribution in [-0.2, 0) is 4.74 Å². The first-order chi connectivity index (χ1) is 9.16. The molecule has 19 heavy (non-hydrogen) atoms. The van der Waals surface area contributed by atoms with Gasteiger partial charge in [-0.15, -0.1) is 11.3 Å². The van der Waals surface area contributed by atoms with Gasteiger partial charge in [-0.3, -0.25) is 0 Å². The second kappa shape index (κ2) is 6.88. The second-order valence-corrected chi connectivity index (χ2v) is 5.67. The van der Waals surface area contributed by atoms with Gasteiger partial charge in [-0.2, -0.15) is 0 Å². The molecule has 1 fully saturated rings. The summed E-state index contributed by atoms with van der Waals surface area (Å²) in [4.78, 5) is 12.6. The summed E-state index contributed by atoms with van der Waals surface area (Å²) >= 11 is 1.51. The van der Waals surface area contributed by atoms with Crippen molar-refractivity contribution in [3.05, 3.63) is 21.9 Å². The summed E-state index contributed by atoms with van der Waals surface area (Å²) in [5.41, 5.74) is 1.06. The van der Waals surface area contributed by atoms with Crippen molar-refractivity contribution < 1.29 is 14.6 Å². The molecule has 1 aromatic heterocycles. The molecule has 1 saturated heterocycles. The Bertz CT molecular complexity index is 416. The predicted molar refractivity (Wildman–Crippen MR) is 74.4 cm³/mol. The number of hydrogen-bond donors (Lipinski definition) is 3. The van der Waals surface area contributed by atoms with Gasteiger partial charge in [-0.1, -0.05) is 0 Å². The molecule has 1 aliphatic rings. The van der Waals surface area contributed by atoms with Crippen LogP contribution >= 0.6 is 11.3 Å². The Balaban J connectivity index is 1.72. The largest absolute Gasteiger partial charge is 0.386 e. The molecule has 0 bridgehead atoms. The maximum Gasteiger partial charge on any atom is 0.315 e. The number of rotatable bonds is 4. The Kier molecular flexibility index (Phi) is 5.18. The zero-order valence-corrected chi connectivity index (χ0v) is 11.8. The van der Waals surface area contributed by atoms with E-state index in [2.05, 4.69) is 10.6 Å². The van der Waals surface area contributed by atoms with Crippen molar-refractivity contribution in [2.75, 3.05) is 19.8 Å². The highest BCUT2D eigenvalue weighted by molar-refractivity contribution is 7.10. The first-order valence-electron chi connectivity index (χ1n) is 6.51. The van der Waals surface area contributed by atoms with Crippen molar-refractivity contribution >= 4 is 17.4 Å². The van der Waals surface area contributed by atoms with E-state index in [1.54, 1.807) is 0 Å². The van der Waals surface area contributed by atoms with Crippen LogP contribution in [0.5, 0.6) is 0 Å². The maximum atomic E-state index is 11.7. The van der Waals surface area contributed by atoms with Crippen molar-refractivity contribution in [2.24, 2.45) is 0 Å². The quantitative estimate of drug-likeness (QED) is 0.786. The van der Waals surface area contributed by atoms with E-state index in [0.717, 1.165) is 23.3 Å². The molecule has 2 rings (SSSR count). The molecule has 0 aromatic carbocycles. The lowest BCUT2D eigenvalue weighted by molar-refractivity contribution is 0.0798. The van der Waals surface area contributed by atoms with Crippen LogP contribution in [0, 0.1) is 6.92 Å². The van der Waals surface area contributed by atoms with E-state index >= 15 is 0 Å². The predicted octanol–water partition coefficient (Wildman–Crippen LogP) is 1.57. The number of thiophene rings is 1. The van der Waals surface area contributed by atoms with E-state index in [1.165, 1.54) is 11.3 Å². The molecule has 0 aliphatic carbocycles. The lowest BCUT2D eigenvalue weighted by atomic mass is 10.1. The molecule has 106 valence electrons. The lowest BCUT2D eigenvalue weighted by Crippen LogP contribution is -2.45. The highest BCUT2D eigenvalue weighted by atomic mass is 32.1. The van der Waals surface area contributed by atoms with Crippen molar-refractivity contribution in [2.45, 2.75) is 31.9 Å². The summed E-state index contributed by atoms with van der Waals surface area (Å²) in [7, 11) is 0. The number of aryl methyl sites for hydroxylation is 1. The van der Waals surface area contributed by atoms with E-state index in [4.69, 9.17) is 4.74 Å². The minimum atomic E-state index is -0.638. The fraction of sp³-hybridized carbons (Fsp3) is 0.615. The van der Waals surface area contributed by atoms with Gasteiger partial charge < -0.3 is 20.5 Å². The van der Waals surface area contributed by atoms with Crippen molar-refractivity contribution in [1.29, 1.82) is 0 Å². The molecule has 1 aliphatic heterocycles. The monoisotopic (exact) mass is 284 g/mol. The normalized spacial score (nSPS) is 18.0. The SMILES string of the molecule is Cc1ccsc1[C@@H](O)CNC(=O)NC1CCOCC1. The summed E-state index contributed by atoms with van der Waals surface area (Å²) in [6.45, 7) is 3.58. The van der Waals surface area contributed by atoms with E-state index in [0.29, 0.717) is 13.2 Å². The summed E-state index contributed by atoms with van der Waals surface area (Å²) in [6, 6.07) is 1.92.